The molecule has 0 aromatic carbocycles. The van der Waals surface area contributed by atoms with Crippen LogP contribution in [0.2, 0.25) is 0 Å². The fraction of sp³-hybridized carbons (Fsp3) is 0.652. The third-order valence-electron chi connectivity index (χ3n) is 4.99. The number of rotatable bonds is 5. The van der Waals surface area contributed by atoms with Crippen LogP contribution in [0.4, 0.5) is 0 Å². The van der Waals surface area contributed by atoms with Gasteiger partial charge >= 0.3 is 0 Å². The van der Waals surface area contributed by atoms with Crippen LogP contribution in [0, 0.1) is 11.8 Å². The third-order valence-corrected chi connectivity index (χ3v) is 4.99. The molecule has 10 nitrogen and oxygen atoms in total. The van der Waals surface area contributed by atoms with Crippen LogP contribution in [-0.4, -0.2) is 60.5 Å². The molecule has 0 radical (unpaired) electrons. The number of amides is 4. The minimum atomic E-state index is -0.248. The Balaban J connectivity index is 0.000000458. The highest BCUT2D eigenvalue weighted by Gasteiger charge is 2.29. The van der Waals surface area contributed by atoms with Crippen LogP contribution >= 0.6 is 0 Å². The topological polar surface area (TPSA) is 127 Å². The minimum absolute atomic E-state index is 0.208. The molecule has 186 valence electrons. The van der Waals surface area contributed by atoms with E-state index >= 15 is 0 Å². The zero-order chi connectivity index (χ0) is 25.2. The molecule has 3 rings (SSSR count). The average Bonchev–Trinajstić information content (AvgIpc) is 3.31. The Kier molecular flexibility index (Phi) is 16.3. The predicted molar refractivity (Wildman–Crippen MR) is 119 cm³/mol. The maximum Gasteiger partial charge on any atom is 0.253 e. The maximum atomic E-state index is 10.6. The summed E-state index contributed by atoms with van der Waals surface area (Å²) in [5, 5.41) is 1.58. The second-order valence-corrected chi connectivity index (χ2v) is 7.17. The van der Waals surface area contributed by atoms with Gasteiger partial charge in [-0.05, 0) is 31.6 Å². The van der Waals surface area contributed by atoms with E-state index < -0.39 is 0 Å². The molecule has 1 aliphatic carbocycles. The van der Waals surface area contributed by atoms with E-state index in [-0.39, 0.29) is 55.2 Å². The summed E-state index contributed by atoms with van der Waals surface area (Å²) in [6.45, 7) is 4.00. The summed E-state index contributed by atoms with van der Waals surface area (Å²) in [5.41, 5.74) is 0. The van der Waals surface area contributed by atoms with Crippen molar-refractivity contribution in [3.8, 4) is 0 Å². The van der Waals surface area contributed by atoms with Crippen molar-refractivity contribution in [1.29, 1.82) is 0 Å². The van der Waals surface area contributed by atoms with Crippen LogP contribution in [0.25, 0.3) is 0 Å². The minimum Gasteiger partial charge on any atom is -0.303 e. The molecule has 0 N–H and O–H groups in total. The van der Waals surface area contributed by atoms with Crippen LogP contribution in [0.15, 0.2) is 12.2 Å². The van der Waals surface area contributed by atoms with Gasteiger partial charge in [0.25, 0.3) is 23.6 Å². The molecule has 3 aliphatic rings. The second-order valence-electron chi connectivity index (χ2n) is 7.17. The molecule has 2 heterocycles. The highest BCUT2D eigenvalue weighted by atomic mass is 16.7. The molecule has 2 saturated heterocycles. The van der Waals surface area contributed by atoms with Crippen molar-refractivity contribution in [3.63, 3.8) is 0 Å². The molecule has 2 atom stereocenters. The first-order valence-electron chi connectivity index (χ1n) is 11.2. The van der Waals surface area contributed by atoms with Crippen molar-refractivity contribution >= 4 is 36.2 Å². The third kappa shape index (κ3) is 11.1. The number of carbonyl (C=O) groups is 6. The van der Waals surface area contributed by atoms with Crippen LogP contribution in [0.1, 0.15) is 71.6 Å². The smallest absolute Gasteiger partial charge is 0.253 e. The van der Waals surface area contributed by atoms with Crippen molar-refractivity contribution in [2.75, 3.05) is 14.2 Å². The largest absolute Gasteiger partial charge is 0.303 e. The Hall–Kier alpha value is -2.72. The molecule has 0 aromatic rings. The molecule has 0 aromatic heterocycles. The van der Waals surface area contributed by atoms with Crippen molar-refractivity contribution in [2.45, 2.75) is 71.6 Å². The van der Waals surface area contributed by atoms with E-state index in [4.69, 9.17) is 0 Å². The molecule has 0 bridgehead atoms. The van der Waals surface area contributed by atoms with Gasteiger partial charge in [0.2, 0.25) is 0 Å². The Bertz CT molecular complexity index is 624. The van der Waals surface area contributed by atoms with Gasteiger partial charge in [-0.25, -0.2) is 0 Å². The second kappa shape index (κ2) is 17.8. The molecule has 10 heteroatoms. The van der Waals surface area contributed by atoms with Gasteiger partial charge in [-0.15, -0.1) is 0 Å². The SMILES string of the molecule is CC.CON1C(=O)CCC1=O.CON1C(=O)CCC1=O.O=CCC1/C=C/CCC(C=O)CC1. The van der Waals surface area contributed by atoms with Gasteiger partial charge in [0.05, 0.1) is 14.2 Å². The maximum absolute atomic E-state index is 10.6. The molecule has 2 unspecified atom stereocenters. The van der Waals surface area contributed by atoms with E-state index in [1.807, 2.05) is 13.8 Å². The van der Waals surface area contributed by atoms with Crippen LogP contribution in [0.3, 0.4) is 0 Å². The summed E-state index contributed by atoms with van der Waals surface area (Å²) < 4.78 is 0. The van der Waals surface area contributed by atoms with Crippen molar-refractivity contribution in [3.05, 3.63) is 12.2 Å². The number of allylic oxidation sites excluding steroid dienone is 2. The monoisotopic (exact) mass is 468 g/mol. The van der Waals surface area contributed by atoms with E-state index in [9.17, 15) is 28.8 Å². The van der Waals surface area contributed by atoms with E-state index in [1.165, 1.54) is 14.2 Å². The highest BCUT2D eigenvalue weighted by Crippen LogP contribution is 2.22. The summed E-state index contributed by atoms with van der Waals surface area (Å²) in [7, 11) is 2.61. The fourth-order valence-electron chi connectivity index (χ4n) is 3.24. The number of nitrogens with zero attached hydrogens (tertiary/aromatic N) is 2. The number of hydrogen-bond donors (Lipinski definition) is 0. The van der Waals surface area contributed by atoms with Gasteiger partial charge in [-0.2, -0.15) is 10.1 Å². The summed E-state index contributed by atoms with van der Waals surface area (Å²) in [5.74, 6) is -0.422. The average molecular weight is 469 g/mol. The summed E-state index contributed by atoms with van der Waals surface area (Å²) in [6, 6.07) is 0. The van der Waals surface area contributed by atoms with E-state index in [0.717, 1.165) is 48.4 Å². The molecule has 0 saturated carbocycles. The lowest BCUT2D eigenvalue weighted by Crippen LogP contribution is -2.27. The number of imide groups is 2. The first-order chi connectivity index (χ1) is 15.9. The molecule has 2 aliphatic heterocycles. The lowest BCUT2D eigenvalue weighted by Gasteiger charge is -2.16. The first kappa shape index (κ1) is 30.3. The van der Waals surface area contributed by atoms with Gasteiger partial charge < -0.3 is 9.59 Å². The van der Waals surface area contributed by atoms with Crippen LogP contribution in [0.5, 0.6) is 0 Å². The molecular formula is C23H36N2O8. The van der Waals surface area contributed by atoms with Gasteiger partial charge in [0, 0.05) is 38.0 Å². The standard InChI is InChI=1S/C11H16O2.2C5H7NO3.C2H6/c12-8-7-10-3-1-2-4-11(9-13)6-5-10;2*1-9-6-4(7)2-3-5(6)8;1-2/h1,3,8-11H,2,4-7H2;2*2-3H2,1H3;1-2H3/b3-1+;;;. The lowest BCUT2D eigenvalue weighted by atomic mass is 9.89. The fourth-order valence-corrected chi connectivity index (χ4v) is 3.24. The van der Waals surface area contributed by atoms with Gasteiger partial charge in [-0.1, -0.05) is 26.0 Å². The molecule has 4 amide bonds. The first-order valence-corrected chi connectivity index (χ1v) is 11.2. The van der Waals surface area contributed by atoms with Gasteiger partial charge in [0.15, 0.2) is 0 Å². The molecule has 2 fully saturated rings. The molecule has 33 heavy (non-hydrogen) atoms. The number of aldehydes is 2. The normalized spacial score (nSPS) is 23.2. The number of carbonyl (C=O) groups excluding carboxylic acids is 6. The molecular weight excluding hydrogens is 432 g/mol. The number of hydrogen-bond acceptors (Lipinski definition) is 8. The quantitative estimate of drug-likeness (QED) is 0.342. The number of hydroxylamine groups is 4. The van der Waals surface area contributed by atoms with E-state index in [1.54, 1.807) is 0 Å². The molecule has 0 spiro atoms. The van der Waals surface area contributed by atoms with Crippen molar-refractivity contribution < 1.29 is 38.4 Å². The summed E-state index contributed by atoms with van der Waals surface area (Å²) >= 11 is 0. The van der Waals surface area contributed by atoms with Gasteiger partial charge in [-0.3, -0.25) is 28.9 Å². The van der Waals surface area contributed by atoms with Crippen LogP contribution in [-0.2, 0) is 38.4 Å². The predicted octanol–water partition coefficient (Wildman–Crippen LogP) is 2.56. The van der Waals surface area contributed by atoms with E-state index in [0.29, 0.717) is 12.3 Å². The summed E-state index contributed by atoms with van der Waals surface area (Å²) in [4.78, 5) is 72.2. The highest BCUT2D eigenvalue weighted by molar-refractivity contribution is 6.01. The Morgan fingerprint density at radius 3 is 1.61 bits per heavy atom. The Labute approximate surface area is 195 Å². The Morgan fingerprint density at radius 2 is 1.27 bits per heavy atom. The van der Waals surface area contributed by atoms with Crippen molar-refractivity contribution in [2.24, 2.45) is 11.8 Å². The van der Waals surface area contributed by atoms with Crippen molar-refractivity contribution in [1.82, 2.24) is 10.1 Å². The Morgan fingerprint density at radius 1 is 0.818 bits per heavy atom. The summed E-state index contributed by atoms with van der Waals surface area (Å²) in [6.07, 6.45) is 11.8. The van der Waals surface area contributed by atoms with E-state index in [2.05, 4.69) is 21.8 Å². The van der Waals surface area contributed by atoms with Gasteiger partial charge in [0.1, 0.15) is 12.6 Å². The zero-order valence-electron chi connectivity index (χ0n) is 20.0. The zero-order valence-corrected chi connectivity index (χ0v) is 20.0. The van der Waals surface area contributed by atoms with Crippen LogP contribution < -0.4 is 0 Å². The lowest BCUT2D eigenvalue weighted by molar-refractivity contribution is -0.180.